The molecule has 0 radical (unpaired) electrons. The second kappa shape index (κ2) is 35.2. The molecule has 0 saturated heterocycles. The number of thiol groups is 1. The van der Waals surface area contributed by atoms with Gasteiger partial charge < -0.3 is 38.8 Å². The molecule has 0 spiro atoms. The van der Waals surface area contributed by atoms with E-state index < -0.39 is 13.1 Å². The maximum atomic E-state index is 11.3. The van der Waals surface area contributed by atoms with Crippen molar-refractivity contribution in [2.24, 2.45) is 0 Å². The molecule has 8 rings (SSSR count). The van der Waals surface area contributed by atoms with E-state index in [2.05, 4.69) is 54.2 Å². The summed E-state index contributed by atoms with van der Waals surface area (Å²) >= 11 is 30.6. The summed E-state index contributed by atoms with van der Waals surface area (Å²) in [6, 6.07) is 55.5. The molecule has 76 heavy (non-hydrogen) atoms. The number of benzene rings is 8. The molecule has 0 unspecified atom stereocenters. The summed E-state index contributed by atoms with van der Waals surface area (Å²) in [5.41, 5.74) is 2.52. The quantitative estimate of drug-likeness (QED) is 0.0354. The fourth-order valence-corrected chi connectivity index (χ4v) is 7.16. The maximum Gasteiger partial charge on any atom is 0.488 e. The summed E-state index contributed by atoms with van der Waals surface area (Å²) in [7, 11) is 4.01. The summed E-state index contributed by atoms with van der Waals surface area (Å²) in [6.45, 7) is 0. The second-order valence-electron chi connectivity index (χ2n) is 14.6. The summed E-state index contributed by atoms with van der Waals surface area (Å²) < 4.78 is 24.9. The Labute approximate surface area is 484 Å². The van der Waals surface area contributed by atoms with Crippen molar-refractivity contribution in [1.82, 2.24) is 0 Å². The number of hydrogen-bond acceptors (Lipinski definition) is 14. The number of phenols is 1. The Hall–Kier alpha value is -6.19. The number of halogens is 5. The molecular weight excluding hydrogens is 1210 g/mol. The van der Waals surface area contributed by atoms with Gasteiger partial charge in [-0.25, -0.2) is 19.2 Å². The van der Waals surface area contributed by atoms with Gasteiger partial charge in [0.05, 0.1) is 50.7 Å². The Morgan fingerprint density at radius 1 is 0.434 bits per heavy atom. The first-order valence-corrected chi connectivity index (χ1v) is 25.7. The highest BCUT2D eigenvalue weighted by molar-refractivity contribution is 14.1. The molecule has 8 aromatic carbocycles. The van der Waals surface area contributed by atoms with Gasteiger partial charge in [0.2, 0.25) is 0 Å². The Bertz CT molecular complexity index is 2820. The predicted octanol–water partition coefficient (Wildman–Crippen LogP) is 14.1. The van der Waals surface area contributed by atoms with E-state index in [0.29, 0.717) is 49.3 Å². The third kappa shape index (κ3) is 25.1. The van der Waals surface area contributed by atoms with Crippen molar-refractivity contribution >= 4 is 130 Å². The number of hydrogen-bond donors (Lipinski definition) is 4. The van der Waals surface area contributed by atoms with Crippen LogP contribution in [0.4, 0.5) is 0 Å². The van der Waals surface area contributed by atoms with Gasteiger partial charge in [0.15, 0.2) is 0 Å². The number of aromatic hydroxyl groups is 1. The highest BCUT2D eigenvalue weighted by atomic mass is 127. The number of ether oxygens (including phenoxy) is 5. The van der Waals surface area contributed by atoms with Gasteiger partial charge in [-0.05, 0) is 210 Å². The van der Waals surface area contributed by atoms with Crippen LogP contribution in [0.25, 0.3) is 0 Å². The van der Waals surface area contributed by atoms with Gasteiger partial charge in [0, 0.05) is 38.3 Å². The van der Waals surface area contributed by atoms with Crippen molar-refractivity contribution in [1.29, 1.82) is 0 Å². The van der Waals surface area contributed by atoms with Crippen LogP contribution in [0.5, 0.6) is 17.2 Å². The van der Waals surface area contributed by atoms with Gasteiger partial charge in [0.25, 0.3) is 0 Å². The molecule has 394 valence electrons. The number of carbonyl (C=O) groups excluding carboxylic acids is 4. The third-order valence-corrected chi connectivity index (χ3v) is 12.2. The lowest BCUT2D eigenvalue weighted by Crippen LogP contribution is -2.29. The zero-order valence-corrected chi connectivity index (χ0v) is 47.7. The molecule has 0 fully saturated rings. The zero-order chi connectivity index (χ0) is 56.0. The number of rotatable bonds is 9. The molecule has 0 aromatic heterocycles. The van der Waals surface area contributed by atoms with Gasteiger partial charge in [-0.2, -0.15) is 0 Å². The summed E-state index contributed by atoms with van der Waals surface area (Å²) in [4.78, 5) is 47.3. The highest BCUT2D eigenvalue weighted by Crippen LogP contribution is 2.29. The van der Waals surface area contributed by atoms with E-state index in [4.69, 9.17) is 66.3 Å². The maximum absolute atomic E-state index is 11.3. The molecule has 0 aliphatic carbocycles. The Morgan fingerprint density at radius 2 is 0.711 bits per heavy atom. The van der Waals surface area contributed by atoms with E-state index in [1.54, 1.807) is 109 Å². The van der Waals surface area contributed by atoms with E-state index >= 15 is 0 Å². The average Bonchev–Trinajstić information content (AvgIpc) is 3.44. The van der Waals surface area contributed by atoms with Crippen LogP contribution in [-0.4, -0.2) is 74.6 Å². The fourth-order valence-electron chi connectivity index (χ4n) is 5.33. The van der Waals surface area contributed by atoms with Crippen LogP contribution < -0.4 is 10.2 Å². The lowest BCUT2D eigenvalue weighted by Gasteiger charge is -2.06. The lowest BCUT2D eigenvalue weighted by molar-refractivity contribution is 0.0592. The molecule has 8 aromatic rings. The first kappa shape index (κ1) is 64.1. The van der Waals surface area contributed by atoms with Gasteiger partial charge in [-0.3, -0.25) is 0 Å². The van der Waals surface area contributed by atoms with E-state index in [1.807, 2.05) is 72.8 Å². The van der Waals surface area contributed by atoms with Crippen LogP contribution in [0, 0.1) is 3.57 Å². The van der Waals surface area contributed by atoms with Gasteiger partial charge >= 0.3 is 31.0 Å². The first-order valence-electron chi connectivity index (χ1n) is 21.9. The Morgan fingerprint density at radius 3 is 1.05 bits per heavy atom. The van der Waals surface area contributed by atoms with Crippen LogP contribution >= 0.6 is 93.4 Å². The molecule has 12 nitrogen and oxygen atoms in total. The number of methoxy groups -OCH3 is 4. The van der Waals surface area contributed by atoms with Crippen molar-refractivity contribution in [2.45, 2.75) is 14.7 Å². The zero-order valence-electron chi connectivity index (χ0n) is 40.8. The van der Waals surface area contributed by atoms with E-state index in [-0.39, 0.29) is 23.7 Å². The van der Waals surface area contributed by atoms with Crippen LogP contribution in [0.2, 0.25) is 20.1 Å². The number of carbonyl (C=O) groups is 4. The predicted molar refractivity (Wildman–Crippen MR) is 313 cm³/mol. The van der Waals surface area contributed by atoms with Crippen molar-refractivity contribution < 1.29 is 58.0 Å². The van der Waals surface area contributed by atoms with Crippen molar-refractivity contribution in [2.75, 3.05) is 28.4 Å². The van der Waals surface area contributed by atoms with Gasteiger partial charge in [-0.1, -0.05) is 70.3 Å². The molecule has 0 saturated carbocycles. The Kier molecular flexibility index (Phi) is 29.7. The molecule has 0 aliphatic heterocycles. The highest BCUT2D eigenvalue weighted by Gasteiger charge is 2.10. The monoisotopic (exact) mass is 1250 g/mol. The standard InChI is InChI=1S/C14H11ClO3.C14H11ClO2S.C8H7IO2.C8H8O3.C6H6BClO2.C6H5ClS/c2*1-17-14(16)10-2-6-12(7-3-10)18-13-8-4-11(15)5-9-13;2*1-11-8(10)6-2-4-7(9)5-3-6;8-6-3-1-5(2-4-6)7(9)10;7-5-1-3-6(8)4-2-5/h2*2-9H,1H3;2-5H,1H3;2-5,9H,1H3;1-4,9-10H;1-4,8H. The normalized spacial score (nSPS) is 9.63. The summed E-state index contributed by atoms with van der Waals surface area (Å²) in [5.74, 6) is 0.0883. The minimum absolute atomic E-state index is 0.137. The largest absolute Gasteiger partial charge is 0.508 e. The van der Waals surface area contributed by atoms with Crippen LogP contribution in [0.3, 0.4) is 0 Å². The van der Waals surface area contributed by atoms with Gasteiger partial charge in [-0.15, -0.1) is 12.6 Å². The van der Waals surface area contributed by atoms with E-state index in [9.17, 15) is 19.2 Å². The molecular formula is C56H48BCl4IO12S2. The minimum atomic E-state index is -1.41. The molecule has 0 heterocycles. The van der Waals surface area contributed by atoms with Gasteiger partial charge in [0.1, 0.15) is 17.2 Å². The van der Waals surface area contributed by atoms with Crippen LogP contribution in [-0.2, 0) is 18.9 Å². The molecule has 20 heteroatoms. The summed E-state index contributed by atoms with van der Waals surface area (Å²) in [6.07, 6.45) is 0. The van der Waals surface area contributed by atoms with E-state index in [1.165, 1.54) is 52.7 Å². The number of phenolic OH excluding ortho intramolecular Hbond substituents is 1. The molecule has 0 bridgehead atoms. The number of esters is 4. The molecule has 0 amide bonds. The van der Waals surface area contributed by atoms with Crippen molar-refractivity contribution in [3.8, 4) is 17.2 Å². The minimum Gasteiger partial charge on any atom is -0.508 e. The molecule has 0 atom stereocenters. The molecule has 0 aliphatic rings. The first-order chi connectivity index (χ1) is 36.3. The second-order valence-corrected chi connectivity index (χ2v) is 19.2. The average molecular weight is 1260 g/mol. The Balaban J connectivity index is 0.000000246. The molecule has 3 N–H and O–H groups in total. The van der Waals surface area contributed by atoms with Crippen molar-refractivity contribution in [3.63, 3.8) is 0 Å². The third-order valence-electron chi connectivity index (χ3n) is 9.20. The summed E-state index contributed by atoms with van der Waals surface area (Å²) in [5, 5.41) is 28.8. The van der Waals surface area contributed by atoms with Crippen LogP contribution in [0.1, 0.15) is 41.4 Å². The topological polar surface area (TPSA) is 175 Å². The lowest BCUT2D eigenvalue weighted by atomic mass is 9.81. The SMILES string of the molecule is COC(=O)c1ccc(I)cc1.COC(=O)c1ccc(O)cc1.COC(=O)c1ccc(Oc2ccc(Cl)cc2)cc1.COC(=O)c1ccc(Sc2ccc(Cl)cc2)cc1.OB(O)c1ccc(Cl)cc1.Sc1ccc(Cl)cc1. The van der Waals surface area contributed by atoms with Crippen molar-refractivity contribution in [3.05, 3.63) is 240 Å². The van der Waals surface area contributed by atoms with Crippen LogP contribution in [0.15, 0.2) is 209 Å². The smallest absolute Gasteiger partial charge is 0.488 e. The fraction of sp³-hybridized carbons (Fsp3) is 0.0714. The van der Waals surface area contributed by atoms with E-state index in [0.717, 1.165) is 28.3 Å².